The summed E-state index contributed by atoms with van der Waals surface area (Å²) in [6, 6.07) is 13.4. The maximum Gasteiger partial charge on any atom is 0.320 e. The van der Waals surface area contributed by atoms with Crippen molar-refractivity contribution in [3.05, 3.63) is 60.2 Å². The highest BCUT2D eigenvalue weighted by molar-refractivity contribution is 7.89. The highest BCUT2D eigenvalue weighted by atomic mass is 32.2. The summed E-state index contributed by atoms with van der Waals surface area (Å²) in [6.07, 6.45) is 0.677. The maximum atomic E-state index is 13.2. The van der Waals surface area contributed by atoms with E-state index in [4.69, 9.17) is 20.3 Å². The third kappa shape index (κ3) is 13.9. The summed E-state index contributed by atoms with van der Waals surface area (Å²) in [4.78, 5) is 35.9. The van der Waals surface area contributed by atoms with E-state index in [1.807, 2.05) is 58.0 Å². The molecule has 1 aliphatic rings. The van der Waals surface area contributed by atoms with E-state index >= 15 is 0 Å². The van der Waals surface area contributed by atoms with E-state index in [1.54, 1.807) is 12.1 Å². The van der Waals surface area contributed by atoms with E-state index in [9.17, 15) is 27.9 Å². The van der Waals surface area contributed by atoms with Crippen molar-refractivity contribution in [3.63, 3.8) is 0 Å². The average Bonchev–Trinajstić information content (AvgIpc) is 3.22. The Labute approximate surface area is 284 Å². The molecule has 0 spiro atoms. The number of aliphatic hydroxyl groups is 1. The van der Waals surface area contributed by atoms with Gasteiger partial charge in [-0.1, -0.05) is 58.0 Å². The van der Waals surface area contributed by atoms with E-state index in [2.05, 4.69) is 10.6 Å². The van der Waals surface area contributed by atoms with Crippen LogP contribution in [0.3, 0.4) is 0 Å². The third-order valence-corrected chi connectivity index (χ3v) is 9.43. The van der Waals surface area contributed by atoms with Crippen LogP contribution in [0.5, 0.6) is 5.75 Å². The molecule has 1 heterocycles. The van der Waals surface area contributed by atoms with E-state index in [-0.39, 0.29) is 37.1 Å². The maximum absolute atomic E-state index is 13.2. The quantitative estimate of drug-likeness (QED) is 0.185. The predicted octanol–water partition coefficient (Wildman–Crippen LogP) is 2.52. The second kappa shape index (κ2) is 20.1. The minimum Gasteiger partial charge on any atom is -0.497 e. The van der Waals surface area contributed by atoms with Gasteiger partial charge in [-0.15, -0.1) is 0 Å². The topological polar surface area (TPSA) is 198 Å². The lowest BCUT2D eigenvalue weighted by molar-refractivity contribution is -0.138. The van der Waals surface area contributed by atoms with Gasteiger partial charge in [-0.25, -0.2) is 8.42 Å². The lowest BCUT2D eigenvalue weighted by atomic mass is 10.0. The van der Waals surface area contributed by atoms with E-state index in [0.717, 1.165) is 5.56 Å². The van der Waals surface area contributed by atoms with Crippen molar-refractivity contribution in [2.45, 2.75) is 89.1 Å². The number of nitrogens with zero attached hydrogens (tertiary/aromatic N) is 1. The van der Waals surface area contributed by atoms with Gasteiger partial charge in [0.2, 0.25) is 21.8 Å². The first-order valence-electron chi connectivity index (χ1n) is 16.2. The molecule has 2 unspecified atom stereocenters. The molecule has 48 heavy (non-hydrogen) atoms. The molecule has 1 saturated heterocycles. The summed E-state index contributed by atoms with van der Waals surface area (Å²) in [5.41, 5.74) is 6.16. The number of hydrogen-bond donors (Lipinski definition) is 5. The van der Waals surface area contributed by atoms with Crippen molar-refractivity contribution in [1.29, 1.82) is 0 Å². The summed E-state index contributed by atoms with van der Waals surface area (Å²) in [7, 11) is -2.34. The summed E-state index contributed by atoms with van der Waals surface area (Å²) >= 11 is 0. The van der Waals surface area contributed by atoms with Crippen molar-refractivity contribution in [1.82, 2.24) is 14.9 Å². The van der Waals surface area contributed by atoms with Crippen molar-refractivity contribution < 1.29 is 42.5 Å². The first-order chi connectivity index (χ1) is 22.6. The molecule has 0 aromatic heterocycles. The smallest absolute Gasteiger partial charge is 0.320 e. The summed E-state index contributed by atoms with van der Waals surface area (Å²) < 4.78 is 38.2. The molecular formula is C34H52N4O9S. The molecule has 0 aliphatic carbocycles. The largest absolute Gasteiger partial charge is 0.497 e. The van der Waals surface area contributed by atoms with Gasteiger partial charge in [0.05, 0.1) is 30.8 Å². The van der Waals surface area contributed by atoms with Crippen LogP contribution in [0.4, 0.5) is 0 Å². The normalized spacial score (nSPS) is 18.2. The van der Waals surface area contributed by atoms with Crippen LogP contribution >= 0.6 is 0 Å². The molecule has 1 fully saturated rings. The van der Waals surface area contributed by atoms with Crippen LogP contribution in [-0.4, -0.2) is 91.8 Å². The molecule has 0 saturated carbocycles. The molecule has 13 nitrogen and oxygen atoms in total. The number of carboxylic acids is 1. The lowest BCUT2D eigenvalue weighted by Crippen LogP contribution is -2.54. The van der Waals surface area contributed by atoms with Crippen LogP contribution in [-0.2, 0) is 35.8 Å². The second-order valence-electron chi connectivity index (χ2n) is 12.7. The van der Waals surface area contributed by atoms with Crippen molar-refractivity contribution in [3.8, 4) is 5.75 Å². The fourth-order valence-corrected chi connectivity index (χ4v) is 6.55. The van der Waals surface area contributed by atoms with Gasteiger partial charge in [0.25, 0.3) is 0 Å². The molecule has 14 heteroatoms. The van der Waals surface area contributed by atoms with Crippen molar-refractivity contribution in [2.24, 2.45) is 17.6 Å². The number of sulfonamides is 1. The number of hydrogen-bond acceptors (Lipinski definition) is 9. The SMILES string of the molecule is CC(C)C[C@H](N)C(=O)O.COc1ccc(S(=O)(=O)N2CCCC(NC(=O)[C@H](CC(C)C)NC(=O)COCc3ccccc3)C(O)C2)cc1. The Morgan fingerprint density at radius 3 is 2.17 bits per heavy atom. The minimum absolute atomic E-state index is 0.104. The second-order valence-corrected chi connectivity index (χ2v) is 14.6. The van der Waals surface area contributed by atoms with Crippen LogP contribution in [0.15, 0.2) is 59.5 Å². The number of rotatable bonds is 15. The molecule has 2 aromatic rings. The summed E-state index contributed by atoms with van der Waals surface area (Å²) in [5, 5.41) is 24.8. The number of carboxylic acid groups (broad SMARTS) is 1. The first kappa shape index (κ1) is 40.6. The molecule has 2 amide bonds. The van der Waals surface area contributed by atoms with Gasteiger partial charge in [0, 0.05) is 13.1 Å². The van der Waals surface area contributed by atoms with E-state index in [0.29, 0.717) is 37.4 Å². The van der Waals surface area contributed by atoms with Gasteiger partial charge < -0.3 is 36.1 Å². The number of ether oxygens (including phenoxy) is 2. The zero-order valence-electron chi connectivity index (χ0n) is 28.5. The number of aliphatic carboxylic acids is 1. The molecule has 0 bridgehead atoms. The number of nitrogens with two attached hydrogens (primary N) is 1. The minimum atomic E-state index is -3.84. The van der Waals surface area contributed by atoms with Gasteiger partial charge in [0.1, 0.15) is 24.4 Å². The van der Waals surface area contributed by atoms with Crippen LogP contribution in [0.25, 0.3) is 0 Å². The Bertz CT molecular complexity index is 1390. The Hall–Kier alpha value is -3.56. The predicted molar refractivity (Wildman–Crippen MR) is 181 cm³/mol. The molecule has 2 aromatic carbocycles. The lowest BCUT2D eigenvalue weighted by Gasteiger charge is -2.27. The van der Waals surface area contributed by atoms with Crippen LogP contribution in [0, 0.1) is 11.8 Å². The standard InChI is InChI=1S/C28H39N3O7S.C6H13NO2/c1-20(2)16-25(29-27(33)19-38-18-21-8-5-4-6-9-21)28(34)30-24-10-7-15-31(17-26(24)32)39(35,36)23-13-11-22(37-3)12-14-23;1-4(2)3-5(7)6(8)9/h4-6,8-9,11-14,20,24-26,32H,7,10,15-19H2,1-3H3,(H,29,33)(H,30,34);4-5H,3,7H2,1-2H3,(H,8,9)/t24?,25-,26?;5-/m00/s1. The molecule has 3 rings (SSSR count). The fourth-order valence-electron chi connectivity index (χ4n) is 5.06. The zero-order valence-corrected chi connectivity index (χ0v) is 29.3. The van der Waals surface area contributed by atoms with Crippen LogP contribution < -0.4 is 21.1 Å². The third-order valence-electron chi connectivity index (χ3n) is 7.55. The zero-order chi connectivity index (χ0) is 35.9. The van der Waals surface area contributed by atoms with Gasteiger partial charge in [-0.2, -0.15) is 4.31 Å². The average molecular weight is 693 g/mol. The molecule has 1 aliphatic heterocycles. The number of carbonyl (C=O) groups is 3. The summed E-state index contributed by atoms with van der Waals surface area (Å²) in [6.45, 7) is 7.92. The van der Waals surface area contributed by atoms with E-state index < -0.39 is 52.0 Å². The fraction of sp³-hybridized carbons (Fsp3) is 0.559. The van der Waals surface area contributed by atoms with Gasteiger partial charge in [-0.3, -0.25) is 14.4 Å². The van der Waals surface area contributed by atoms with Crippen LogP contribution in [0.1, 0.15) is 58.9 Å². The highest BCUT2D eigenvalue weighted by Crippen LogP contribution is 2.23. The Morgan fingerprint density at radius 1 is 1.00 bits per heavy atom. The highest BCUT2D eigenvalue weighted by Gasteiger charge is 2.34. The Balaban J connectivity index is 0.000000778. The monoisotopic (exact) mass is 692 g/mol. The van der Waals surface area contributed by atoms with Crippen molar-refractivity contribution in [2.75, 3.05) is 26.8 Å². The summed E-state index contributed by atoms with van der Waals surface area (Å²) in [5.74, 6) is -0.728. The number of aliphatic hydroxyl groups excluding tert-OH is 1. The number of β-amino-alcohol motifs (C(OH)–C–C–N with tert-alkyl or cyclic N) is 1. The molecule has 0 radical (unpaired) electrons. The molecular weight excluding hydrogens is 640 g/mol. The number of nitrogens with one attached hydrogen (secondary N) is 2. The van der Waals surface area contributed by atoms with Crippen molar-refractivity contribution >= 4 is 27.8 Å². The Morgan fingerprint density at radius 2 is 1.62 bits per heavy atom. The number of methoxy groups -OCH3 is 1. The van der Waals surface area contributed by atoms with E-state index in [1.165, 1.54) is 23.5 Å². The number of carbonyl (C=O) groups excluding carboxylic acids is 2. The molecule has 268 valence electrons. The van der Waals surface area contributed by atoms with Crippen LogP contribution in [0.2, 0.25) is 0 Å². The molecule has 6 N–H and O–H groups in total. The van der Waals surface area contributed by atoms with Gasteiger partial charge in [0.15, 0.2) is 0 Å². The van der Waals surface area contributed by atoms with Gasteiger partial charge >= 0.3 is 5.97 Å². The first-order valence-corrected chi connectivity index (χ1v) is 17.6. The number of benzene rings is 2. The van der Waals surface area contributed by atoms with Gasteiger partial charge in [-0.05, 0) is 67.3 Å². The molecule has 4 atom stereocenters. The number of amides is 2. The Kier molecular flexibility index (Phi) is 17.0.